The number of nitrogens with one attached hydrogen (secondary N) is 2. The van der Waals surface area contributed by atoms with Crippen LogP contribution in [0.15, 0.2) is 30.6 Å². The second kappa shape index (κ2) is 7.11. The summed E-state index contributed by atoms with van der Waals surface area (Å²) in [4.78, 5) is 18.3. The summed E-state index contributed by atoms with van der Waals surface area (Å²) in [7, 11) is 0. The van der Waals surface area contributed by atoms with Crippen molar-refractivity contribution in [3.63, 3.8) is 0 Å². The molecule has 0 radical (unpaired) electrons. The van der Waals surface area contributed by atoms with Gasteiger partial charge in [-0.15, -0.1) is 0 Å². The molecule has 1 aromatic heterocycles. The first kappa shape index (κ1) is 17.4. The third-order valence-corrected chi connectivity index (χ3v) is 3.02. The summed E-state index contributed by atoms with van der Waals surface area (Å²) in [6, 6.07) is 4.11. The van der Waals surface area contributed by atoms with E-state index in [1.807, 2.05) is 6.92 Å². The molecule has 2 N–H and O–H groups in total. The summed E-state index contributed by atoms with van der Waals surface area (Å²) in [5.74, 6) is -0.0559. The van der Waals surface area contributed by atoms with Crippen molar-refractivity contribution < 1.29 is 18.1 Å². The Labute approximate surface area is 135 Å². The van der Waals surface area contributed by atoms with Gasteiger partial charge in [0.15, 0.2) is 0 Å². The van der Waals surface area contributed by atoms with E-state index in [0.717, 1.165) is 24.9 Å². The molecule has 0 amide bonds. The molecule has 24 heavy (non-hydrogen) atoms. The molecule has 0 fully saturated rings. The second-order valence-electron chi connectivity index (χ2n) is 4.80. The number of aromatic nitrogens is 2. The Bertz CT molecular complexity index is 719. The monoisotopic (exact) mass is 341 g/mol. The molecule has 0 saturated heterocycles. The van der Waals surface area contributed by atoms with Crippen molar-refractivity contribution in [3.8, 4) is 0 Å². The number of alkyl halides is 3. The summed E-state index contributed by atoms with van der Waals surface area (Å²) in [5, 5.41) is 16.7. The number of nitrogens with zero attached hydrogens (tertiary/aromatic N) is 3. The van der Waals surface area contributed by atoms with Crippen LogP contribution in [0.25, 0.3) is 0 Å². The maximum absolute atomic E-state index is 12.5. The first-order chi connectivity index (χ1) is 11.3. The van der Waals surface area contributed by atoms with Gasteiger partial charge in [0.05, 0.1) is 10.5 Å². The van der Waals surface area contributed by atoms with Gasteiger partial charge in [0, 0.05) is 12.2 Å². The van der Waals surface area contributed by atoms with Gasteiger partial charge in [0.2, 0.25) is 11.6 Å². The van der Waals surface area contributed by atoms with Crippen molar-refractivity contribution in [1.82, 2.24) is 9.97 Å². The highest BCUT2D eigenvalue weighted by Crippen LogP contribution is 2.33. The van der Waals surface area contributed by atoms with Crippen LogP contribution in [0.5, 0.6) is 0 Å². The topological polar surface area (TPSA) is 93.0 Å². The molecule has 2 aromatic rings. The van der Waals surface area contributed by atoms with Crippen LogP contribution in [-0.2, 0) is 6.18 Å². The third-order valence-electron chi connectivity index (χ3n) is 3.02. The van der Waals surface area contributed by atoms with Crippen LogP contribution in [0.3, 0.4) is 0 Å². The van der Waals surface area contributed by atoms with E-state index in [1.54, 1.807) is 0 Å². The fraction of sp³-hybridized carbons (Fsp3) is 0.286. The van der Waals surface area contributed by atoms with Crippen LogP contribution in [0.2, 0.25) is 0 Å². The molecular formula is C14H14F3N5O2. The van der Waals surface area contributed by atoms with Crippen molar-refractivity contribution in [2.24, 2.45) is 0 Å². The predicted molar refractivity (Wildman–Crippen MR) is 82.2 cm³/mol. The molecule has 1 aromatic carbocycles. The summed E-state index contributed by atoms with van der Waals surface area (Å²) in [5.41, 5.74) is -0.937. The Morgan fingerprint density at radius 1 is 1.17 bits per heavy atom. The number of benzene rings is 1. The van der Waals surface area contributed by atoms with Gasteiger partial charge in [-0.1, -0.05) is 6.92 Å². The minimum Gasteiger partial charge on any atom is -0.364 e. The molecular weight excluding hydrogens is 327 g/mol. The molecule has 0 aliphatic heterocycles. The standard InChI is InChI=1S/C14H14F3N5O2/c1-2-7-18-12-11(22(23)24)13(20-8-19-12)21-10-5-3-9(4-6-10)14(15,16)17/h3-6,8H,2,7H2,1H3,(H2,18,19,20,21). The van der Waals surface area contributed by atoms with Crippen LogP contribution in [0.4, 0.5) is 36.2 Å². The number of rotatable bonds is 6. The van der Waals surface area contributed by atoms with Crippen LogP contribution in [0, 0.1) is 10.1 Å². The molecule has 0 saturated carbocycles. The largest absolute Gasteiger partial charge is 0.416 e. The highest BCUT2D eigenvalue weighted by molar-refractivity contribution is 5.73. The maximum atomic E-state index is 12.5. The molecule has 10 heteroatoms. The lowest BCUT2D eigenvalue weighted by Crippen LogP contribution is -2.09. The van der Waals surface area contributed by atoms with Gasteiger partial charge < -0.3 is 10.6 Å². The van der Waals surface area contributed by atoms with Gasteiger partial charge in [-0.25, -0.2) is 9.97 Å². The highest BCUT2D eigenvalue weighted by atomic mass is 19.4. The van der Waals surface area contributed by atoms with E-state index in [4.69, 9.17) is 0 Å². The first-order valence-corrected chi connectivity index (χ1v) is 7.00. The van der Waals surface area contributed by atoms with Crippen LogP contribution in [-0.4, -0.2) is 21.4 Å². The van der Waals surface area contributed by atoms with Gasteiger partial charge in [-0.05, 0) is 30.7 Å². The van der Waals surface area contributed by atoms with E-state index in [-0.39, 0.29) is 23.0 Å². The average molecular weight is 341 g/mol. The van der Waals surface area contributed by atoms with Crippen LogP contribution < -0.4 is 10.6 Å². The van der Waals surface area contributed by atoms with E-state index in [0.29, 0.717) is 6.54 Å². The van der Waals surface area contributed by atoms with Gasteiger partial charge in [0.25, 0.3) is 0 Å². The van der Waals surface area contributed by atoms with Crippen LogP contribution in [0.1, 0.15) is 18.9 Å². The number of nitro groups is 1. The summed E-state index contributed by atoms with van der Waals surface area (Å²) >= 11 is 0. The molecule has 0 spiro atoms. The van der Waals surface area contributed by atoms with Gasteiger partial charge >= 0.3 is 11.9 Å². The summed E-state index contributed by atoms with van der Waals surface area (Å²) in [6.45, 7) is 2.37. The molecule has 1 heterocycles. The molecule has 128 valence electrons. The summed E-state index contributed by atoms with van der Waals surface area (Å²) in [6.07, 6.45) is -2.57. The Morgan fingerprint density at radius 2 is 1.79 bits per heavy atom. The van der Waals surface area contributed by atoms with Crippen molar-refractivity contribution >= 4 is 23.0 Å². The zero-order valence-corrected chi connectivity index (χ0v) is 12.6. The smallest absolute Gasteiger partial charge is 0.364 e. The van der Waals surface area contributed by atoms with Gasteiger partial charge in [0.1, 0.15) is 6.33 Å². The van der Waals surface area contributed by atoms with Crippen LogP contribution >= 0.6 is 0 Å². The van der Waals surface area contributed by atoms with E-state index in [9.17, 15) is 23.3 Å². The van der Waals surface area contributed by atoms with Crippen molar-refractivity contribution in [1.29, 1.82) is 0 Å². The van der Waals surface area contributed by atoms with Crippen molar-refractivity contribution in [3.05, 3.63) is 46.3 Å². The maximum Gasteiger partial charge on any atom is 0.416 e. The third kappa shape index (κ3) is 4.09. The quantitative estimate of drug-likeness (QED) is 0.610. The molecule has 2 rings (SSSR count). The molecule has 0 atom stereocenters. The lowest BCUT2D eigenvalue weighted by Gasteiger charge is -2.11. The van der Waals surface area contributed by atoms with Crippen molar-refractivity contribution in [2.75, 3.05) is 17.2 Å². The molecule has 0 bridgehead atoms. The molecule has 0 aliphatic carbocycles. The second-order valence-corrected chi connectivity index (χ2v) is 4.80. The molecule has 0 aliphatic rings. The Hall–Kier alpha value is -2.91. The average Bonchev–Trinajstić information content (AvgIpc) is 2.52. The minimum atomic E-state index is -4.45. The van der Waals surface area contributed by atoms with Gasteiger partial charge in [-0.2, -0.15) is 13.2 Å². The predicted octanol–water partition coefficient (Wildman–Crippen LogP) is 3.97. The van der Waals surface area contributed by atoms with E-state index < -0.39 is 16.7 Å². The fourth-order valence-electron chi connectivity index (χ4n) is 1.90. The number of halogens is 3. The zero-order valence-electron chi connectivity index (χ0n) is 12.6. The Balaban J connectivity index is 2.30. The highest BCUT2D eigenvalue weighted by Gasteiger charge is 2.30. The minimum absolute atomic E-state index is 0.0475. The van der Waals surface area contributed by atoms with E-state index in [1.165, 1.54) is 12.1 Å². The molecule has 7 nitrogen and oxygen atoms in total. The number of hydrogen-bond donors (Lipinski definition) is 2. The van der Waals surface area contributed by atoms with Gasteiger partial charge in [-0.3, -0.25) is 10.1 Å². The van der Waals surface area contributed by atoms with E-state index >= 15 is 0 Å². The Kier molecular flexibility index (Phi) is 5.17. The lowest BCUT2D eigenvalue weighted by atomic mass is 10.2. The first-order valence-electron chi connectivity index (χ1n) is 7.00. The fourth-order valence-corrected chi connectivity index (χ4v) is 1.90. The number of anilines is 3. The summed E-state index contributed by atoms with van der Waals surface area (Å²) < 4.78 is 37.6. The van der Waals surface area contributed by atoms with Crippen molar-refractivity contribution in [2.45, 2.75) is 19.5 Å². The van der Waals surface area contributed by atoms with E-state index in [2.05, 4.69) is 20.6 Å². The number of hydrogen-bond acceptors (Lipinski definition) is 6. The normalized spacial score (nSPS) is 11.2. The zero-order chi connectivity index (χ0) is 17.7. The lowest BCUT2D eigenvalue weighted by molar-refractivity contribution is -0.383. The SMILES string of the molecule is CCCNc1ncnc(Nc2ccc(C(F)(F)F)cc2)c1[N+](=O)[O-]. The molecule has 0 unspecified atom stereocenters. The Morgan fingerprint density at radius 3 is 2.33 bits per heavy atom.